The van der Waals surface area contributed by atoms with Crippen LogP contribution in [0.2, 0.25) is 0 Å². The van der Waals surface area contributed by atoms with Gasteiger partial charge in [0.25, 0.3) is 0 Å². The fraction of sp³-hybridized carbons (Fsp3) is 0.321. The van der Waals surface area contributed by atoms with Gasteiger partial charge < -0.3 is 71.9 Å². The van der Waals surface area contributed by atoms with E-state index >= 15 is 0 Å². The standard InChI is InChI=1S/C29H35N7O2.C29H36N6O2.C27H28N6O2.C24H25N5O2/c1-21(2)35-11-8-34(9-12-35)10-13-36(24-14-25(37-4)17-26(15-24)38-5)23-6-7-27-28(16-23)32-29(19-30-27)22-18-31-33(3)20-22;1-5-21-8-10-34(11-9-21)12-13-35(24-14-25(36-3)17-26(15-24)37-4)23-6-7-27-28(16-23)32-29(19-30-27)22-18-31-33(2)20-22;1-19-6-5-9-32(19)10-11-33(22-12-23(34-3)15-24(13-22)35-4)21-7-8-25-26(14-21)30-27(17-28-25)20-16-29-31(2)18-20;1-28-15-16(13-26-28)24-14-25-22-8-7-18(11-23(22)27-24)29(17-5-4-6-17)19-9-20(30-2)12-21(10-19)31-3/h6-7,14-20H,1,8-13H2,2-5H3;6-7,14-21H,5,8-13H2,1-4H3;5-9,12-18H,10-11H2,1-4H3;7-15,17H,4-6H2,1-3H3. The summed E-state index contributed by atoms with van der Waals surface area (Å²) < 4.78 is 53.8. The Morgan fingerprint density at radius 1 is 0.348 bits per heavy atom. The molecule has 8 aromatic carbocycles. The molecule has 2 aliphatic heterocycles. The maximum Gasteiger partial charge on any atom is 0.124 e. The van der Waals surface area contributed by atoms with Gasteiger partial charge in [-0.1, -0.05) is 19.9 Å². The highest BCUT2D eigenvalue weighted by Gasteiger charge is 2.30. The van der Waals surface area contributed by atoms with E-state index in [1.165, 1.54) is 31.4 Å². The van der Waals surface area contributed by atoms with Gasteiger partial charge in [-0.25, -0.2) is 19.9 Å². The monoisotopic (exact) mass is 1900 g/mol. The maximum absolute atomic E-state index is 5.59. The molecule has 3 fully saturated rings. The Balaban J connectivity index is 0.000000130. The van der Waals surface area contributed by atoms with Crippen LogP contribution in [-0.4, -0.2) is 233 Å². The Labute approximate surface area is 822 Å². The number of allylic oxidation sites excluding steroid dienone is 1. The van der Waals surface area contributed by atoms with Crippen LogP contribution in [0.3, 0.4) is 0 Å². The molecule has 141 heavy (non-hydrogen) atoms. The maximum atomic E-state index is 5.59. The molecule has 9 aromatic heterocycles. The summed E-state index contributed by atoms with van der Waals surface area (Å²) in [6.07, 6.45) is 31.7. The molecule has 728 valence electrons. The summed E-state index contributed by atoms with van der Waals surface area (Å²) in [6, 6.07) is 53.5. The lowest BCUT2D eigenvalue weighted by molar-refractivity contribution is 0.163. The number of aryl methyl sites for hydroxylation is 5. The average molecular weight is 1900 g/mol. The van der Waals surface area contributed by atoms with Crippen LogP contribution in [0.5, 0.6) is 46.0 Å². The number of piperazine rings is 1. The van der Waals surface area contributed by atoms with E-state index in [1.807, 2.05) is 151 Å². The fourth-order valence-electron chi connectivity index (χ4n) is 18.0. The minimum Gasteiger partial charge on any atom is -0.497 e. The number of hydrogen-bond acceptors (Lipinski definition) is 27. The van der Waals surface area contributed by atoms with Crippen LogP contribution in [0.25, 0.3) is 89.2 Å². The lowest BCUT2D eigenvalue weighted by atomic mass is 9.90. The molecule has 0 atom stereocenters. The highest BCUT2D eigenvalue weighted by atomic mass is 16.5. The lowest BCUT2D eigenvalue weighted by Gasteiger charge is -2.39. The van der Waals surface area contributed by atoms with Gasteiger partial charge in [0.05, 0.1) is 173 Å². The van der Waals surface area contributed by atoms with Crippen molar-refractivity contribution in [3.05, 3.63) is 256 Å². The van der Waals surface area contributed by atoms with Gasteiger partial charge in [-0.2, -0.15) is 20.4 Å². The van der Waals surface area contributed by atoms with Gasteiger partial charge in [0, 0.05) is 283 Å². The van der Waals surface area contributed by atoms with Crippen molar-refractivity contribution >= 4 is 89.6 Å². The number of benzene rings is 8. The number of nitrogens with zero attached hydrogens (tertiary/aromatic N) is 24. The Bertz CT molecular complexity index is 7060. The molecule has 0 N–H and O–H groups in total. The van der Waals surface area contributed by atoms with Crippen LogP contribution in [0.4, 0.5) is 45.5 Å². The molecule has 32 heteroatoms. The van der Waals surface area contributed by atoms with Crippen LogP contribution in [0.1, 0.15) is 58.1 Å². The molecule has 0 amide bonds. The van der Waals surface area contributed by atoms with E-state index in [2.05, 4.69) is 198 Å². The summed E-state index contributed by atoms with van der Waals surface area (Å²) >= 11 is 0. The minimum atomic E-state index is 0.434. The third-order valence-corrected chi connectivity index (χ3v) is 26.4. The first-order valence-corrected chi connectivity index (χ1v) is 47.7. The normalized spacial score (nSPS) is 13.4. The number of rotatable bonds is 32. The minimum absolute atomic E-state index is 0.434. The summed E-state index contributed by atoms with van der Waals surface area (Å²) in [6.45, 7) is 22.1. The van der Waals surface area contributed by atoms with Crippen LogP contribution < -0.4 is 57.5 Å². The third kappa shape index (κ3) is 23.5. The van der Waals surface area contributed by atoms with Gasteiger partial charge >= 0.3 is 0 Å². The predicted molar refractivity (Wildman–Crippen MR) is 557 cm³/mol. The van der Waals surface area contributed by atoms with E-state index in [-0.39, 0.29) is 0 Å². The molecule has 17 aromatic rings. The summed E-state index contributed by atoms with van der Waals surface area (Å²) in [5.74, 6) is 6.92. The highest BCUT2D eigenvalue weighted by molar-refractivity contribution is 5.87. The van der Waals surface area contributed by atoms with E-state index in [4.69, 9.17) is 57.8 Å². The molecule has 1 saturated carbocycles. The summed E-state index contributed by atoms with van der Waals surface area (Å²) in [4.78, 5) is 54.9. The predicted octanol–water partition coefficient (Wildman–Crippen LogP) is 19.4. The second-order valence-corrected chi connectivity index (χ2v) is 35.6. The molecule has 0 unspecified atom stereocenters. The summed E-state index contributed by atoms with van der Waals surface area (Å²) in [7, 11) is 21.0. The molecular weight excluding hydrogens is 1770 g/mol. The molecule has 0 spiro atoms. The quantitative estimate of drug-likeness (QED) is 0.0379. The number of likely N-dealkylation sites (tertiary alicyclic amines) is 1. The van der Waals surface area contributed by atoms with Crippen molar-refractivity contribution in [2.75, 3.05) is 148 Å². The second-order valence-electron chi connectivity index (χ2n) is 35.6. The SMILES string of the molecule is C=C(C)N1CCN(CCN(c2cc(OC)cc(OC)c2)c2ccc3ncc(-c4cnn(C)c4)nc3c2)CC1.CCC1CCN(CCN(c2cc(OC)cc(OC)c2)c2ccc3ncc(-c4cnn(C)c4)nc3c2)CC1.COc1cc(OC)cc(N(CCn2cccc2C)c2ccc3ncc(-c4cnn(C)c4)nc3c2)c1.COc1cc(OC)cc(N(c2ccc3ncc(-c4cnn(C)c4)nc3c2)C2CCC2)c1. The van der Waals surface area contributed by atoms with Crippen molar-refractivity contribution in [2.45, 2.75) is 71.9 Å². The zero-order valence-electron chi connectivity index (χ0n) is 83.1. The number of piperidine rings is 1. The summed E-state index contributed by atoms with van der Waals surface area (Å²) in [5.41, 5.74) is 24.4. The summed E-state index contributed by atoms with van der Waals surface area (Å²) in [5, 5.41) is 17.1. The van der Waals surface area contributed by atoms with Crippen LogP contribution >= 0.6 is 0 Å². The second kappa shape index (κ2) is 44.8. The van der Waals surface area contributed by atoms with Crippen molar-refractivity contribution in [3.8, 4) is 91.0 Å². The number of fused-ring (bicyclic) bond motifs is 4. The number of aromatic nitrogens is 17. The van der Waals surface area contributed by atoms with Crippen LogP contribution in [0.15, 0.2) is 251 Å². The first-order chi connectivity index (χ1) is 68.7. The average Bonchev–Trinajstić information content (AvgIpc) is 1.46. The van der Waals surface area contributed by atoms with E-state index in [1.54, 1.807) is 100 Å². The number of ether oxygens (including phenoxy) is 8. The zero-order chi connectivity index (χ0) is 98.2. The number of anilines is 8. The van der Waals surface area contributed by atoms with Gasteiger partial charge in [0.2, 0.25) is 0 Å². The van der Waals surface area contributed by atoms with Crippen molar-refractivity contribution < 1.29 is 37.9 Å². The van der Waals surface area contributed by atoms with Gasteiger partial charge in [0.15, 0.2) is 0 Å². The Morgan fingerprint density at radius 2 is 0.660 bits per heavy atom. The first kappa shape index (κ1) is 97.0. The number of methoxy groups -OCH3 is 8. The molecule has 0 bridgehead atoms. The van der Waals surface area contributed by atoms with Crippen molar-refractivity contribution in [3.63, 3.8) is 0 Å². The van der Waals surface area contributed by atoms with Crippen molar-refractivity contribution in [1.29, 1.82) is 0 Å². The highest BCUT2D eigenvalue weighted by Crippen LogP contribution is 2.43. The Kier molecular flexibility index (Phi) is 30.8. The smallest absolute Gasteiger partial charge is 0.124 e. The van der Waals surface area contributed by atoms with Crippen LogP contribution in [0, 0.1) is 12.8 Å². The molecule has 2 saturated heterocycles. The third-order valence-electron chi connectivity index (χ3n) is 26.4. The topological polar surface area (TPSA) is 276 Å². The van der Waals surface area contributed by atoms with Crippen molar-refractivity contribution in [1.82, 2.24) is 98.3 Å². The Hall–Kier alpha value is -15.7. The molecular formula is C109H124N24O8. The molecule has 3 aliphatic rings. The Morgan fingerprint density at radius 3 is 0.943 bits per heavy atom. The molecule has 11 heterocycles. The number of hydrogen-bond donors (Lipinski definition) is 0. The van der Waals surface area contributed by atoms with E-state index in [0.29, 0.717) is 6.04 Å². The lowest BCUT2D eigenvalue weighted by Crippen LogP contribution is -2.47. The van der Waals surface area contributed by atoms with Gasteiger partial charge in [0.1, 0.15) is 46.0 Å². The molecule has 0 radical (unpaired) electrons. The first-order valence-electron chi connectivity index (χ1n) is 47.7. The zero-order valence-corrected chi connectivity index (χ0v) is 83.1. The molecule has 32 nitrogen and oxygen atoms in total. The fourth-order valence-corrected chi connectivity index (χ4v) is 18.0. The molecule has 1 aliphatic carbocycles. The molecule has 20 rings (SSSR count). The van der Waals surface area contributed by atoms with E-state index in [0.717, 1.165) is 284 Å². The van der Waals surface area contributed by atoms with Crippen molar-refractivity contribution in [2.24, 2.45) is 34.1 Å². The largest absolute Gasteiger partial charge is 0.497 e. The van der Waals surface area contributed by atoms with Gasteiger partial charge in [-0.15, -0.1) is 0 Å². The van der Waals surface area contributed by atoms with E-state index < -0.39 is 0 Å². The van der Waals surface area contributed by atoms with Crippen LogP contribution in [-0.2, 0) is 34.7 Å². The van der Waals surface area contributed by atoms with Gasteiger partial charge in [-0.3, -0.25) is 43.6 Å². The van der Waals surface area contributed by atoms with E-state index in [9.17, 15) is 0 Å². The van der Waals surface area contributed by atoms with Gasteiger partial charge in [-0.05, 0) is 150 Å².